The van der Waals surface area contributed by atoms with Crippen molar-refractivity contribution in [3.63, 3.8) is 0 Å². The second-order valence-electron chi connectivity index (χ2n) is 4.30. The van der Waals surface area contributed by atoms with Gasteiger partial charge in [0.25, 0.3) is 0 Å². The van der Waals surface area contributed by atoms with Gasteiger partial charge in [-0.05, 0) is 22.0 Å². The average molecular weight is 280 g/mol. The van der Waals surface area contributed by atoms with Gasteiger partial charge in [0.2, 0.25) is 5.91 Å². The molecular formula is C12H16N4O4. The molecule has 1 aromatic heterocycles. The van der Waals surface area contributed by atoms with Gasteiger partial charge in [-0.2, -0.15) is 0 Å². The second kappa shape index (κ2) is 6.80. The van der Waals surface area contributed by atoms with Crippen molar-refractivity contribution < 1.29 is 14.5 Å². The Morgan fingerprint density at radius 2 is 2.25 bits per heavy atom. The molecule has 2 rings (SSSR count). The molecule has 0 bridgehead atoms. The Bertz CT molecular complexity index is 488. The Hall–Kier alpha value is -2.22. The third-order valence-electron chi connectivity index (χ3n) is 2.98. The van der Waals surface area contributed by atoms with Crippen LogP contribution in [0.25, 0.3) is 0 Å². The van der Waals surface area contributed by atoms with E-state index in [1.54, 1.807) is 17.0 Å². The largest absolute Gasteiger partial charge is 0.386 e. The maximum Gasteiger partial charge on any atom is 0.386 e. The molecule has 0 aromatic carbocycles. The number of pyridine rings is 1. The lowest BCUT2D eigenvalue weighted by molar-refractivity contribution is -0.388. The molecule has 0 saturated carbocycles. The summed E-state index contributed by atoms with van der Waals surface area (Å²) < 4.78 is 5.17. The first kappa shape index (κ1) is 14.2. The van der Waals surface area contributed by atoms with Crippen LogP contribution in [0.15, 0.2) is 18.3 Å². The lowest BCUT2D eigenvalue weighted by Gasteiger charge is -2.26. The Labute approximate surface area is 115 Å². The second-order valence-corrected chi connectivity index (χ2v) is 4.30. The molecule has 20 heavy (non-hydrogen) atoms. The van der Waals surface area contributed by atoms with E-state index in [1.165, 1.54) is 6.20 Å². The normalized spacial score (nSPS) is 14.9. The van der Waals surface area contributed by atoms with Crippen LogP contribution < -0.4 is 5.32 Å². The van der Waals surface area contributed by atoms with Gasteiger partial charge in [0.05, 0.1) is 13.2 Å². The summed E-state index contributed by atoms with van der Waals surface area (Å²) in [6, 6.07) is 3.18. The molecule has 0 aliphatic carbocycles. The van der Waals surface area contributed by atoms with Crippen LogP contribution in [0.2, 0.25) is 0 Å². The molecular weight excluding hydrogens is 264 g/mol. The number of hydrogen-bond acceptors (Lipinski definition) is 6. The number of carbonyl (C=O) groups is 1. The first-order chi connectivity index (χ1) is 9.68. The van der Waals surface area contributed by atoms with Crippen molar-refractivity contribution in [3.8, 4) is 0 Å². The summed E-state index contributed by atoms with van der Waals surface area (Å²) in [5, 5.41) is 13.7. The van der Waals surface area contributed by atoms with Crippen LogP contribution in [0.5, 0.6) is 0 Å². The van der Waals surface area contributed by atoms with E-state index in [-0.39, 0.29) is 18.1 Å². The van der Waals surface area contributed by atoms with Crippen molar-refractivity contribution in [2.45, 2.75) is 6.42 Å². The fourth-order valence-corrected chi connectivity index (χ4v) is 1.96. The fourth-order valence-electron chi connectivity index (χ4n) is 1.96. The third kappa shape index (κ3) is 3.64. The van der Waals surface area contributed by atoms with E-state index < -0.39 is 4.92 Å². The van der Waals surface area contributed by atoms with Gasteiger partial charge < -0.3 is 25.1 Å². The highest BCUT2D eigenvalue weighted by atomic mass is 16.6. The van der Waals surface area contributed by atoms with Gasteiger partial charge in [0.15, 0.2) is 0 Å². The molecule has 1 fully saturated rings. The molecule has 8 heteroatoms. The smallest absolute Gasteiger partial charge is 0.378 e. The van der Waals surface area contributed by atoms with Gasteiger partial charge >= 0.3 is 5.82 Å². The van der Waals surface area contributed by atoms with Crippen LogP contribution in [0.4, 0.5) is 11.5 Å². The zero-order valence-corrected chi connectivity index (χ0v) is 10.9. The van der Waals surface area contributed by atoms with E-state index in [0.29, 0.717) is 38.5 Å². The molecule has 1 aliphatic heterocycles. The third-order valence-corrected chi connectivity index (χ3v) is 2.98. The SMILES string of the molecule is O=C(CCNc1cccnc1[N+](=O)[O-])N1CCOCC1. The zero-order chi connectivity index (χ0) is 14.4. The summed E-state index contributed by atoms with van der Waals surface area (Å²) in [5.41, 5.74) is 0.326. The molecule has 2 heterocycles. The Kier molecular flexibility index (Phi) is 4.83. The average Bonchev–Trinajstić information content (AvgIpc) is 2.48. The minimum absolute atomic E-state index is 0.0207. The Morgan fingerprint density at radius 3 is 2.95 bits per heavy atom. The van der Waals surface area contributed by atoms with Crippen molar-refractivity contribution in [2.75, 3.05) is 38.2 Å². The summed E-state index contributed by atoms with van der Waals surface area (Å²) >= 11 is 0. The number of rotatable bonds is 5. The number of nitro groups is 1. The quantitative estimate of drug-likeness (QED) is 0.628. The minimum atomic E-state index is -0.549. The number of hydrogen-bond donors (Lipinski definition) is 1. The number of morpholine rings is 1. The predicted molar refractivity (Wildman–Crippen MR) is 71.4 cm³/mol. The van der Waals surface area contributed by atoms with Gasteiger partial charge in [-0.3, -0.25) is 4.79 Å². The molecule has 0 atom stereocenters. The van der Waals surface area contributed by atoms with Crippen molar-refractivity contribution in [3.05, 3.63) is 28.4 Å². The van der Waals surface area contributed by atoms with Gasteiger partial charge in [-0.1, -0.05) is 0 Å². The number of carbonyl (C=O) groups excluding carboxylic acids is 1. The Morgan fingerprint density at radius 1 is 1.50 bits per heavy atom. The molecule has 0 unspecified atom stereocenters. The molecule has 1 aliphatic rings. The highest BCUT2D eigenvalue weighted by Gasteiger charge is 2.17. The molecule has 1 N–H and O–H groups in total. The fraction of sp³-hybridized carbons (Fsp3) is 0.500. The van der Waals surface area contributed by atoms with Crippen LogP contribution in [0.3, 0.4) is 0 Å². The van der Waals surface area contributed by atoms with E-state index in [9.17, 15) is 14.9 Å². The van der Waals surface area contributed by atoms with Crippen LogP contribution >= 0.6 is 0 Å². The summed E-state index contributed by atoms with van der Waals surface area (Å²) in [7, 11) is 0. The van der Waals surface area contributed by atoms with Gasteiger partial charge in [-0.25, -0.2) is 0 Å². The molecule has 0 radical (unpaired) electrons. The number of ether oxygens (including phenoxy) is 1. The van der Waals surface area contributed by atoms with E-state index in [0.717, 1.165) is 0 Å². The first-order valence-corrected chi connectivity index (χ1v) is 6.37. The van der Waals surface area contributed by atoms with Gasteiger partial charge in [0.1, 0.15) is 11.9 Å². The summed E-state index contributed by atoms with van der Waals surface area (Å²) in [6.45, 7) is 2.67. The first-order valence-electron chi connectivity index (χ1n) is 6.37. The minimum Gasteiger partial charge on any atom is -0.378 e. The van der Waals surface area contributed by atoms with Crippen molar-refractivity contribution in [2.24, 2.45) is 0 Å². The summed E-state index contributed by atoms with van der Waals surface area (Å²) in [6.07, 6.45) is 1.65. The molecule has 108 valence electrons. The van der Waals surface area contributed by atoms with E-state index in [2.05, 4.69) is 10.3 Å². The van der Waals surface area contributed by atoms with Gasteiger partial charge in [-0.15, -0.1) is 0 Å². The van der Waals surface area contributed by atoms with Crippen LogP contribution in [0.1, 0.15) is 6.42 Å². The number of amides is 1. The lowest BCUT2D eigenvalue weighted by atomic mass is 10.3. The van der Waals surface area contributed by atoms with Crippen molar-refractivity contribution >= 4 is 17.4 Å². The van der Waals surface area contributed by atoms with Gasteiger partial charge in [0, 0.05) is 26.1 Å². The number of nitrogens with zero attached hydrogens (tertiary/aromatic N) is 3. The van der Waals surface area contributed by atoms with Crippen molar-refractivity contribution in [1.29, 1.82) is 0 Å². The number of anilines is 1. The monoisotopic (exact) mass is 280 g/mol. The van der Waals surface area contributed by atoms with Crippen molar-refractivity contribution in [1.82, 2.24) is 9.88 Å². The highest BCUT2D eigenvalue weighted by Crippen LogP contribution is 2.19. The van der Waals surface area contributed by atoms with E-state index in [1.807, 2.05) is 0 Å². The van der Waals surface area contributed by atoms with E-state index in [4.69, 9.17) is 4.74 Å². The topological polar surface area (TPSA) is 97.6 Å². The molecule has 8 nitrogen and oxygen atoms in total. The predicted octanol–water partition coefficient (Wildman–Crippen LogP) is 0.651. The lowest BCUT2D eigenvalue weighted by Crippen LogP contribution is -2.41. The zero-order valence-electron chi connectivity index (χ0n) is 10.9. The molecule has 1 saturated heterocycles. The maximum atomic E-state index is 11.9. The van der Waals surface area contributed by atoms with Crippen LogP contribution in [0, 0.1) is 10.1 Å². The standard InChI is InChI=1S/C12H16N4O4/c17-11(15-6-8-20-9-7-15)3-5-13-10-2-1-4-14-12(10)16(18)19/h1-2,4,13H,3,5-9H2. The molecule has 0 spiro atoms. The summed E-state index contributed by atoms with van der Waals surface area (Å²) in [4.78, 5) is 27.5. The number of aromatic nitrogens is 1. The Balaban J connectivity index is 1.83. The summed E-state index contributed by atoms with van der Waals surface area (Å²) in [5.74, 6) is -0.210. The van der Waals surface area contributed by atoms with Crippen LogP contribution in [-0.4, -0.2) is 53.6 Å². The number of nitrogens with one attached hydrogen (secondary N) is 1. The highest BCUT2D eigenvalue weighted by molar-refractivity contribution is 5.77. The molecule has 1 amide bonds. The maximum absolute atomic E-state index is 11.9. The molecule has 1 aromatic rings. The van der Waals surface area contributed by atoms with Crippen LogP contribution in [-0.2, 0) is 9.53 Å². The van der Waals surface area contributed by atoms with E-state index >= 15 is 0 Å².